The highest BCUT2D eigenvalue weighted by atomic mass is 19.1. The van der Waals surface area contributed by atoms with E-state index in [0.717, 1.165) is 0 Å². The summed E-state index contributed by atoms with van der Waals surface area (Å²) in [4.78, 5) is 0. The third kappa shape index (κ3) is 3.09. The Hall–Kier alpha value is -1.84. The maximum Gasteiger partial charge on any atom is 0.127 e. The molecule has 76 valence electrons. The molecule has 0 saturated carbocycles. The van der Waals surface area contributed by atoms with Crippen LogP contribution in [0.5, 0.6) is 0 Å². The fourth-order valence-corrected chi connectivity index (χ4v) is 1.10. The van der Waals surface area contributed by atoms with Crippen molar-refractivity contribution in [3.8, 4) is 18.4 Å². The zero-order valence-corrected chi connectivity index (χ0v) is 8.42. The smallest absolute Gasteiger partial charge is 0.127 e. The lowest BCUT2D eigenvalue weighted by molar-refractivity contribution is 0.577. The molecule has 1 rings (SSSR count). The van der Waals surface area contributed by atoms with E-state index in [-0.39, 0.29) is 11.9 Å². The molecule has 2 nitrogen and oxygen atoms in total. The predicted octanol–water partition coefficient (Wildman–Crippen LogP) is 1.81. The molecule has 1 aromatic carbocycles. The lowest BCUT2D eigenvalue weighted by atomic mass is 10.1. The molecule has 0 radical (unpaired) electrons. The van der Waals surface area contributed by atoms with Crippen LogP contribution in [0.4, 0.5) is 4.39 Å². The van der Waals surface area contributed by atoms with Crippen molar-refractivity contribution < 1.29 is 4.39 Å². The fraction of sp³-hybridized carbons (Fsp3) is 0.250. The summed E-state index contributed by atoms with van der Waals surface area (Å²) in [5.41, 5.74) is 0.901. The van der Waals surface area contributed by atoms with E-state index in [2.05, 4.69) is 11.2 Å². The molecule has 0 aromatic heterocycles. The molecule has 0 spiro atoms. The molecular weight excluding hydrogens is 191 g/mol. The van der Waals surface area contributed by atoms with Crippen LogP contribution in [0.2, 0.25) is 0 Å². The van der Waals surface area contributed by atoms with Crippen LogP contribution in [-0.4, -0.2) is 6.04 Å². The van der Waals surface area contributed by atoms with E-state index in [9.17, 15) is 4.39 Å². The van der Waals surface area contributed by atoms with E-state index in [0.29, 0.717) is 17.7 Å². The second kappa shape index (κ2) is 5.14. The summed E-state index contributed by atoms with van der Waals surface area (Å²) in [5.74, 6) is 2.16. The van der Waals surface area contributed by atoms with E-state index in [1.54, 1.807) is 0 Å². The maximum atomic E-state index is 13.3. The summed E-state index contributed by atoms with van der Waals surface area (Å²) in [6, 6.07) is 6.10. The highest BCUT2D eigenvalue weighted by molar-refractivity contribution is 5.33. The largest absolute Gasteiger partial charge is 0.300 e. The number of nitrogens with zero attached hydrogens (tertiary/aromatic N) is 1. The van der Waals surface area contributed by atoms with Gasteiger partial charge < -0.3 is 0 Å². The normalized spacial score (nSPS) is 11.5. The average Bonchev–Trinajstić information content (AvgIpc) is 2.27. The van der Waals surface area contributed by atoms with Gasteiger partial charge in [-0.1, -0.05) is 5.92 Å². The molecule has 15 heavy (non-hydrogen) atoms. The molecular formula is C12H11FN2. The van der Waals surface area contributed by atoms with E-state index >= 15 is 0 Å². The minimum absolute atomic E-state index is 0.116. The number of nitriles is 1. The molecule has 0 aliphatic carbocycles. The number of hydrogen-bond donors (Lipinski definition) is 1. The molecule has 1 aromatic rings. The van der Waals surface area contributed by atoms with E-state index in [4.69, 9.17) is 11.7 Å². The van der Waals surface area contributed by atoms with Crippen molar-refractivity contribution in [1.29, 1.82) is 5.26 Å². The van der Waals surface area contributed by atoms with Gasteiger partial charge in [0.25, 0.3) is 0 Å². The Labute approximate surface area is 88.7 Å². The second-order valence-electron chi connectivity index (χ2n) is 3.19. The van der Waals surface area contributed by atoms with Crippen molar-refractivity contribution in [2.24, 2.45) is 0 Å². The highest BCUT2D eigenvalue weighted by Crippen LogP contribution is 2.09. The standard InChI is InChI=1S/C12H11FN2/c1-3-9(2)15-8-11-6-10(7-14)4-5-12(11)13/h1,4-6,9,15H,8H2,2H3. The van der Waals surface area contributed by atoms with Gasteiger partial charge in [0.15, 0.2) is 0 Å². The molecule has 0 heterocycles. The van der Waals surface area contributed by atoms with Gasteiger partial charge in [0, 0.05) is 12.1 Å². The lowest BCUT2D eigenvalue weighted by Crippen LogP contribution is -2.24. The van der Waals surface area contributed by atoms with Crippen LogP contribution in [0.3, 0.4) is 0 Å². The Balaban J connectivity index is 2.77. The summed E-state index contributed by atoms with van der Waals surface area (Å²) in [5, 5.41) is 11.6. The number of hydrogen-bond acceptors (Lipinski definition) is 2. The average molecular weight is 202 g/mol. The SMILES string of the molecule is C#CC(C)NCc1cc(C#N)ccc1F. The van der Waals surface area contributed by atoms with Crippen LogP contribution in [0.15, 0.2) is 18.2 Å². The first-order valence-corrected chi connectivity index (χ1v) is 4.55. The number of terminal acetylenes is 1. The van der Waals surface area contributed by atoms with Crippen molar-refractivity contribution in [3.05, 3.63) is 35.1 Å². The Morgan fingerprint density at radius 3 is 2.93 bits per heavy atom. The summed E-state index contributed by atoms with van der Waals surface area (Å²) in [6.45, 7) is 2.14. The molecule has 0 aliphatic rings. The lowest BCUT2D eigenvalue weighted by Gasteiger charge is -2.08. The van der Waals surface area contributed by atoms with Gasteiger partial charge >= 0.3 is 0 Å². The summed E-state index contributed by atoms with van der Waals surface area (Å²) >= 11 is 0. The van der Waals surface area contributed by atoms with Crippen LogP contribution >= 0.6 is 0 Å². The predicted molar refractivity (Wildman–Crippen MR) is 56.2 cm³/mol. The van der Waals surface area contributed by atoms with Crippen molar-refractivity contribution >= 4 is 0 Å². The Bertz CT molecular complexity index is 426. The van der Waals surface area contributed by atoms with Crippen LogP contribution in [-0.2, 0) is 6.54 Å². The van der Waals surface area contributed by atoms with Crippen molar-refractivity contribution in [2.45, 2.75) is 19.5 Å². The van der Waals surface area contributed by atoms with Gasteiger partial charge in [-0.15, -0.1) is 6.42 Å². The highest BCUT2D eigenvalue weighted by Gasteiger charge is 2.04. The van der Waals surface area contributed by atoms with Gasteiger partial charge in [0.05, 0.1) is 17.7 Å². The van der Waals surface area contributed by atoms with Crippen molar-refractivity contribution in [2.75, 3.05) is 0 Å². The first kappa shape index (κ1) is 11.2. The van der Waals surface area contributed by atoms with Gasteiger partial charge in [-0.2, -0.15) is 5.26 Å². The summed E-state index contributed by atoms with van der Waals surface area (Å²) in [6.07, 6.45) is 5.17. The zero-order valence-electron chi connectivity index (χ0n) is 8.42. The third-order valence-electron chi connectivity index (χ3n) is 2.02. The van der Waals surface area contributed by atoms with E-state index in [1.165, 1.54) is 18.2 Å². The van der Waals surface area contributed by atoms with Crippen LogP contribution in [0.25, 0.3) is 0 Å². The van der Waals surface area contributed by atoms with E-state index < -0.39 is 0 Å². The minimum Gasteiger partial charge on any atom is -0.300 e. The molecule has 0 bridgehead atoms. The molecule has 0 fully saturated rings. The van der Waals surface area contributed by atoms with Gasteiger partial charge in [0.1, 0.15) is 5.82 Å². The van der Waals surface area contributed by atoms with Gasteiger partial charge in [0.2, 0.25) is 0 Å². The molecule has 3 heteroatoms. The molecule has 0 amide bonds. The van der Waals surface area contributed by atoms with Gasteiger partial charge in [-0.05, 0) is 25.1 Å². The Morgan fingerprint density at radius 2 is 2.33 bits per heavy atom. The maximum absolute atomic E-state index is 13.3. The number of rotatable bonds is 3. The van der Waals surface area contributed by atoms with Crippen LogP contribution in [0, 0.1) is 29.5 Å². The monoisotopic (exact) mass is 202 g/mol. The molecule has 0 saturated heterocycles. The number of benzene rings is 1. The quantitative estimate of drug-likeness (QED) is 0.759. The van der Waals surface area contributed by atoms with Crippen LogP contribution in [0.1, 0.15) is 18.1 Å². The number of nitrogens with one attached hydrogen (secondary N) is 1. The van der Waals surface area contributed by atoms with E-state index in [1.807, 2.05) is 13.0 Å². The van der Waals surface area contributed by atoms with Crippen LogP contribution < -0.4 is 5.32 Å². The summed E-state index contributed by atoms with van der Waals surface area (Å²) < 4.78 is 13.3. The molecule has 1 atom stereocenters. The Kier molecular flexibility index (Phi) is 3.85. The minimum atomic E-state index is -0.328. The topological polar surface area (TPSA) is 35.8 Å². The summed E-state index contributed by atoms with van der Waals surface area (Å²) in [7, 11) is 0. The van der Waals surface area contributed by atoms with Crippen molar-refractivity contribution in [1.82, 2.24) is 5.32 Å². The molecule has 1 unspecified atom stereocenters. The first-order valence-electron chi connectivity index (χ1n) is 4.55. The van der Waals surface area contributed by atoms with Gasteiger partial charge in [-0.25, -0.2) is 4.39 Å². The van der Waals surface area contributed by atoms with Crippen molar-refractivity contribution in [3.63, 3.8) is 0 Å². The molecule has 1 N–H and O–H groups in total. The second-order valence-corrected chi connectivity index (χ2v) is 3.19. The Morgan fingerprint density at radius 1 is 1.60 bits per heavy atom. The third-order valence-corrected chi connectivity index (χ3v) is 2.02. The molecule has 0 aliphatic heterocycles. The fourth-order valence-electron chi connectivity index (χ4n) is 1.10. The zero-order chi connectivity index (χ0) is 11.3. The first-order chi connectivity index (χ1) is 7.17. The number of halogens is 1. The van der Waals surface area contributed by atoms with Gasteiger partial charge in [-0.3, -0.25) is 5.32 Å².